The number of urea groups is 1. The maximum atomic E-state index is 13.0. The van der Waals surface area contributed by atoms with Crippen LogP contribution in [0.3, 0.4) is 0 Å². The van der Waals surface area contributed by atoms with Crippen LogP contribution in [-0.2, 0) is 13.0 Å². The Labute approximate surface area is 158 Å². The van der Waals surface area contributed by atoms with Crippen LogP contribution < -0.4 is 10.1 Å². The molecule has 2 aromatic rings. The first kappa shape index (κ1) is 17.3. The Morgan fingerprint density at radius 1 is 1.38 bits per heavy atom. The van der Waals surface area contributed by atoms with Crippen molar-refractivity contribution in [3.8, 4) is 5.75 Å². The second-order valence-electron chi connectivity index (χ2n) is 7.25. The fourth-order valence-corrected chi connectivity index (χ4v) is 4.52. The van der Waals surface area contributed by atoms with Gasteiger partial charge in [-0.3, -0.25) is 0 Å². The molecule has 1 N–H and O–H groups in total. The Balaban J connectivity index is 1.48. The Morgan fingerprint density at radius 2 is 2.23 bits per heavy atom. The fourth-order valence-electron chi connectivity index (χ4n) is 3.58. The predicted molar refractivity (Wildman–Crippen MR) is 103 cm³/mol. The van der Waals surface area contributed by atoms with Gasteiger partial charge in [0.15, 0.2) is 0 Å². The smallest absolute Gasteiger partial charge is 0.318 e. The molecule has 1 aliphatic carbocycles. The van der Waals surface area contributed by atoms with E-state index in [-0.39, 0.29) is 12.1 Å². The highest BCUT2D eigenvalue weighted by Gasteiger charge is 2.36. The molecule has 2 amide bonds. The molecule has 26 heavy (non-hydrogen) atoms. The standard InChI is InChI=1S/C20H25N3O2S/c1-13-12-26-19(21-13)18(14-5-6-14)22-20(24)23-9-3-4-15-10-17(25-2)8-7-16(15)11-23/h7-8,10,12,14,18H,3-6,9,11H2,1-2H3,(H,22,24). The van der Waals surface area contributed by atoms with E-state index in [1.165, 1.54) is 24.0 Å². The van der Waals surface area contributed by atoms with Crippen molar-refractivity contribution in [3.05, 3.63) is 45.4 Å². The molecule has 1 saturated carbocycles. The Kier molecular flexibility index (Phi) is 4.85. The number of thiazole rings is 1. The Morgan fingerprint density at radius 3 is 2.92 bits per heavy atom. The number of carbonyl (C=O) groups is 1. The molecular weight excluding hydrogens is 346 g/mol. The number of aromatic nitrogens is 1. The highest BCUT2D eigenvalue weighted by molar-refractivity contribution is 7.09. The minimum absolute atomic E-state index is 0.0263. The van der Waals surface area contributed by atoms with E-state index >= 15 is 0 Å². The van der Waals surface area contributed by atoms with E-state index in [0.29, 0.717) is 12.5 Å². The van der Waals surface area contributed by atoms with Crippen LogP contribution in [0.4, 0.5) is 4.79 Å². The van der Waals surface area contributed by atoms with E-state index in [9.17, 15) is 4.79 Å². The first-order valence-electron chi connectivity index (χ1n) is 9.27. The summed E-state index contributed by atoms with van der Waals surface area (Å²) in [5, 5.41) is 6.37. The van der Waals surface area contributed by atoms with Crippen LogP contribution in [0.5, 0.6) is 5.75 Å². The summed E-state index contributed by atoms with van der Waals surface area (Å²) in [6.07, 6.45) is 4.30. The third-order valence-electron chi connectivity index (χ3n) is 5.21. The Hall–Kier alpha value is -2.08. The van der Waals surface area contributed by atoms with Gasteiger partial charge in [-0.25, -0.2) is 9.78 Å². The SMILES string of the molecule is COc1ccc2c(c1)CCCN(C(=O)NC(c1nc(C)cs1)C1CC1)C2. The molecule has 1 unspecified atom stereocenters. The average molecular weight is 372 g/mol. The molecule has 1 aliphatic heterocycles. The lowest BCUT2D eigenvalue weighted by Gasteiger charge is -2.25. The number of methoxy groups -OCH3 is 1. The van der Waals surface area contributed by atoms with Gasteiger partial charge in [-0.1, -0.05) is 6.07 Å². The van der Waals surface area contributed by atoms with Crippen LogP contribution in [-0.4, -0.2) is 29.6 Å². The summed E-state index contributed by atoms with van der Waals surface area (Å²) < 4.78 is 5.33. The third kappa shape index (κ3) is 3.70. The van der Waals surface area contributed by atoms with Crippen molar-refractivity contribution >= 4 is 17.4 Å². The highest BCUT2D eigenvalue weighted by atomic mass is 32.1. The topological polar surface area (TPSA) is 54.5 Å². The van der Waals surface area contributed by atoms with Gasteiger partial charge in [0, 0.05) is 24.2 Å². The maximum absolute atomic E-state index is 13.0. The molecular formula is C20H25N3O2S. The van der Waals surface area contributed by atoms with Gasteiger partial charge in [0.25, 0.3) is 0 Å². The van der Waals surface area contributed by atoms with Crippen LogP contribution in [0, 0.1) is 12.8 Å². The zero-order valence-electron chi connectivity index (χ0n) is 15.3. The second kappa shape index (κ2) is 7.27. The van der Waals surface area contributed by atoms with Gasteiger partial charge in [-0.15, -0.1) is 11.3 Å². The Bertz CT molecular complexity index is 800. The second-order valence-corrected chi connectivity index (χ2v) is 8.14. The molecule has 1 atom stereocenters. The number of benzene rings is 1. The molecule has 0 spiro atoms. The van der Waals surface area contributed by atoms with Gasteiger partial charge >= 0.3 is 6.03 Å². The van der Waals surface area contributed by atoms with Crippen molar-refractivity contribution in [1.82, 2.24) is 15.2 Å². The summed E-state index contributed by atoms with van der Waals surface area (Å²) >= 11 is 1.65. The maximum Gasteiger partial charge on any atom is 0.318 e. The van der Waals surface area contributed by atoms with Crippen molar-refractivity contribution in [3.63, 3.8) is 0 Å². The van der Waals surface area contributed by atoms with Crippen LogP contribution in [0.1, 0.15) is 47.1 Å². The lowest BCUT2D eigenvalue weighted by Crippen LogP contribution is -2.42. The summed E-state index contributed by atoms with van der Waals surface area (Å²) in [6.45, 7) is 3.43. The van der Waals surface area contributed by atoms with Gasteiger partial charge in [0.1, 0.15) is 10.8 Å². The number of nitrogens with zero attached hydrogens (tertiary/aromatic N) is 2. The molecule has 5 nitrogen and oxygen atoms in total. The molecule has 0 saturated heterocycles. The number of nitrogens with one attached hydrogen (secondary N) is 1. The van der Waals surface area contributed by atoms with Crippen molar-refractivity contribution < 1.29 is 9.53 Å². The largest absolute Gasteiger partial charge is 0.497 e. The number of aryl methyl sites for hydroxylation is 2. The van der Waals surface area contributed by atoms with Gasteiger partial charge < -0.3 is 15.0 Å². The number of carbonyl (C=O) groups excluding carboxylic acids is 1. The first-order chi connectivity index (χ1) is 12.6. The quantitative estimate of drug-likeness (QED) is 0.881. The minimum atomic E-state index is 0.0263. The van der Waals surface area contributed by atoms with Gasteiger partial charge in [-0.2, -0.15) is 0 Å². The van der Waals surface area contributed by atoms with Crippen LogP contribution in [0.2, 0.25) is 0 Å². The van der Waals surface area contributed by atoms with E-state index in [2.05, 4.69) is 27.8 Å². The number of fused-ring (bicyclic) bond motifs is 1. The van der Waals surface area contributed by atoms with Gasteiger partial charge in [0.05, 0.1) is 13.2 Å². The molecule has 1 fully saturated rings. The molecule has 138 valence electrons. The molecule has 2 aliphatic rings. The molecule has 4 rings (SSSR count). The lowest BCUT2D eigenvalue weighted by molar-refractivity contribution is 0.190. The van der Waals surface area contributed by atoms with Crippen LogP contribution >= 0.6 is 11.3 Å². The third-order valence-corrected chi connectivity index (χ3v) is 6.26. The van der Waals surface area contributed by atoms with Crippen molar-refractivity contribution in [2.45, 2.75) is 45.2 Å². The summed E-state index contributed by atoms with van der Waals surface area (Å²) in [5.41, 5.74) is 3.53. The number of hydrogen-bond acceptors (Lipinski definition) is 4. The molecule has 1 aromatic carbocycles. The minimum Gasteiger partial charge on any atom is -0.497 e. The first-order valence-corrected chi connectivity index (χ1v) is 10.2. The van der Waals surface area contributed by atoms with Gasteiger partial charge in [0.2, 0.25) is 0 Å². The van der Waals surface area contributed by atoms with Crippen molar-refractivity contribution in [2.75, 3.05) is 13.7 Å². The number of rotatable bonds is 4. The van der Waals surface area contributed by atoms with Crippen molar-refractivity contribution in [2.24, 2.45) is 5.92 Å². The van der Waals surface area contributed by atoms with E-state index in [4.69, 9.17) is 4.74 Å². The van der Waals surface area contributed by atoms with E-state index in [1.807, 2.05) is 17.9 Å². The monoisotopic (exact) mass is 371 g/mol. The lowest BCUT2D eigenvalue weighted by atomic mass is 10.0. The van der Waals surface area contributed by atoms with E-state index < -0.39 is 0 Å². The van der Waals surface area contributed by atoms with Crippen LogP contribution in [0.15, 0.2) is 23.6 Å². The zero-order chi connectivity index (χ0) is 18.1. The van der Waals surface area contributed by atoms with E-state index in [0.717, 1.165) is 35.8 Å². The predicted octanol–water partition coefficient (Wildman–Crippen LogP) is 4.07. The normalized spacial score (nSPS) is 18.0. The fraction of sp³-hybridized carbons (Fsp3) is 0.500. The molecule has 0 radical (unpaired) electrons. The molecule has 0 bridgehead atoms. The highest BCUT2D eigenvalue weighted by Crippen LogP contribution is 2.42. The van der Waals surface area contributed by atoms with E-state index in [1.54, 1.807) is 18.4 Å². The summed E-state index contributed by atoms with van der Waals surface area (Å²) in [6, 6.07) is 6.24. The molecule has 6 heteroatoms. The summed E-state index contributed by atoms with van der Waals surface area (Å²) in [7, 11) is 1.69. The van der Waals surface area contributed by atoms with Gasteiger partial charge in [-0.05, 0) is 61.8 Å². The number of amides is 2. The zero-order valence-corrected chi connectivity index (χ0v) is 16.1. The van der Waals surface area contributed by atoms with Crippen molar-refractivity contribution in [1.29, 1.82) is 0 Å². The molecule has 2 heterocycles. The summed E-state index contributed by atoms with van der Waals surface area (Å²) in [5.74, 6) is 1.42. The number of ether oxygens (including phenoxy) is 1. The van der Waals surface area contributed by atoms with Crippen LogP contribution in [0.25, 0.3) is 0 Å². The summed E-state index contributed by atoms with van der Waals surface area (Å²) in [4.78, 5) is 19.5. The molecule has 1 aromatic heterocycles. The number of hydrogen-bond donors (Lipinski definition) is 1. The average Bonchev–Trinajstić information content (AvgIpc) is 3.43.